The molecule has 6 nitrogen and oxygen atoms in total. The van der Waals surface area contributed by atoms with E-state index in [1.54, 1.807) is 13.1 Å². The Balaban J connectivity index is 1.45. The lowest BCUT2D eigenvalue weighted by molar-refractivity contribution is 0.0955. The van der Waals surface area contributed by atoms with Crippen LogP contribution in [-0.4, -0.2) is 21.0 Å². The molecule has 4 aromatic rings. The van der Waals surface area contributed by atoms with Gasteiger partial charge in [0.2, 0.25) is 5.95 Å². The van der Waals surface area contributed by atoms with E-state index in [9.17, 15) is 9.90 Å². The fraction of sp³-hybridized carbons (Fsp3) is 0.192. The van der Waals surface area contributed by atoms with E-state index < -0.39 is 6.10 Å². The Morgan fingerprint density at radius 1 is 1.09 bits per heavy atom. The number of hydrogen-bond acceptors (Lipinski definition) is 6. The van der Waals surface area contributed by atoms with E-state index in [-0.39, 0.29) is 5.91 Å². The summed E-state index contributed by atoms with van der Waals surface area (Å²) >= 11 is 1.39. The minimum absolute atomic E-state index is 0.102. The average molecular weight is 459 g/mol. The number of benzene rings is 2. The lowest BCUT2D eigenvalue weighted by Crippen LogP contribution is -2.22. The Labute approximate surface area is 197 Å². The first kappa shape index (κ1) is 22.6. The molecule has 7 heteroatoms. The summed E-state index contributed by atoms with van der Waals surface area (Å²) in [7, 11) is 0. The summed E-state index contributed by atoms with van der Waals surface area (Å²) in [4.78, 5) is 23.1. The highest BCUT2D eigenvalue weighted by Gasteiger charge is 2.13. The molecule has 1 amide bonds. The van der Waals surface area contributed by atoms with E-state index in [4.69, 9.17) is 0 Å². The molecule has 1 unspecified atom stereocenters. The van der Waals surface area contributed by atoms with Gasteiger partial charge in [0, 0.05) is 18.4 Å². The largest absolute Gasteiger partial charge is 0.389 e. The van der Waals surface area contributed by atoms with Crippen molar-refractivity contribution in [2.75, 3.05) is 5.32 Å². The van der Waals surface area contributed by atoms with Gasteiger partial charge in [-0.05, 0) is 73.4 Å². The maximum atomic E-state index is 12.7. The summed E-state index contributed by atoms with van der Waals surface area (Å²) in [5, 5.41) is 16.0. The minimum atomic E-state index is -0.551. The van der Waals surface area contributed by atoms with Crippen molar-refractivity contribution < 1.29 is 9.90 Å². The monoisotopic (exact) mass is 458 g/mol. The zero-order valence-corrected chi connectivity index (χ0v) is 19.6. The van der Waals surface area contributed by atoms with Crippen LogP contribution in [0.5, 0.6) is 0 Å². The lowest BCUT2D eigenvalue weighted by Gasteiger charge is -2.09. The van der Waals surface area contributed by atoms with Crippen molar-refractivity contribution in [1.29, 1.82) is 0 Å². The molecule has 0 aliphatic heterocycles. The van der Waals surface area contributed by atoms with Crippen LogP contribution in [-0.2, 0) is 6.54 Å². The van der Waals surface area contributed by atoms with Gasteiger partial charge in [0.1, 0.15) is 0 Å². The minimum Gasteiger partial charge on any atom is -0.389 e. The average Bonchev–Trinajstić information content (AvgIpc) is 3.31. The summed E-state index contributed by atoms with van der Waals surface area (Å²) < 4.78 is 0. The van der Waals surface area contributed by atoms with Crippen LogP contribution in [0.15, 0.2) is 66.9 Å². The fourth-order valence-corrected chi connectivity index (χ4v) is 4.32. The summed E-state index contributed by atoms with van der Waals surface area (Å²) in [6.45, 7) is 6.36. The van der Waals surface area contributed by atoms with Crippen molar-refractivity contribution in [2.45, 2.75) is 33.4 Å². The van der Waals surface area contributed by atoms with E-state index in [0.29, 0.717) is 17.4 Å². The molecule has 2 aromatic carbocycles. The van der Waals surface area contributed by atoms with Crippen LogP contribution in [0.2, 0.25) is 0 Å². The number of aliphatic hydroxyl groups excluding tert-OH is 1. The predicted molar refractivity (Wildman–Crippen MR) is 133 cm³/mol. The van der Waals surface area contributed by atoms with E-state index in [1.165, 1.54) is 22.5 Å². The normalized spacial score (nSPS) is 11.8. The lowest BCUT2D eigenvalue weighted by atomic mass is 10.0. The molecule has 0 bridgehead atoms. The molecule has 3 N–H and O–H groups in total. The Kier molecular flexibility index (Phi) is 6.82. The highest BCUT2D eigenvalue weighted by atomic mass is 32.1. The SMILES string of the molecule is Cc1cccc(CNC(=O)c2ccc(-c3ccnc(Nc4cccc(C(C)O)c4)n3)s2)c1C. The molecule has 0 saturated carbocycles. The number of aliphatic hydroxyl groups is 1. The first-order valence-corrected chi connectivity index (χ1v) is 11.5. The molecule has 2 heterocycles. The van der Waals surface area contributed by atoms with Crippen molar-refractivity contribution in [3.63, 3.8) is 0 Å². The Morgan fingerprint density at radius 2 is 1.91 bits per heavy atom. The van der Waals surface area contributed by atoms with E-state index >= 15 is 0 Å². The van der Waals surface area contributed by atoms with E-state index in [1.807, 2.05) is 54.6 Å². The second kappa shape index (κ2) is 9.94. The quantitative estimate of drug-likeness (QED) is 0.338. The van der Waals surface area contributed by atoms with Crippen molar-refractivity contribution in [1.82, 2.24) is 15.3 Å². The predicted octanol–water partition coefficient (Wildman–Crippen LogP) is 5.55. The van der Waals surface area contributed by atoms with E-state index in [0.717, 1.165) is 27.4 Å². The molecular formula is C26H26N4O2S. The van der Waals surface area contributed by atoms with E-state index in [2.05, 4.69) is 40.5 Å². The number of carbonyl (C=O) groups excluding carboxylic acids is 1. The van der Waals surface area contributed by atoms with Crippen LogP contribution >= 0.6 is 11.3 Å². The van der Waals surface area contributed by atoms with Crippen molar-refractivity contribution in [3.05, 3.63) is 94.0 Å². The van der Waals surface area contributed by atoms with Gasteiger partial charge in [-0.2, -0.15) is 0 Å². The molecule has 2 aromatic heterocycles. The van der Waals surface area contributed by atoms with Crippen molar-refractivity contribution in [3.8, 4) is 10.6 Å². The van der Waals surface area contributed by atoms with Crippen LogP contribution < -0.4 is 10.6 Å². The third-order valence-electron chi connectivity index (χ3n) is 5.52. The second-order valence-electron chi connectivity index (χ2n) is 7.90. The van der Waals surface area contributed by atoms with Gasteiger partial charge in [-0.15, -0.1) is 11.3 Å². The van der Waals surface area contributed by atoms with Crippen LogP contribution in [0.4, 0.5) is 11.6 Å². The molecule has 0 radical (unpaired) electrons. The number of hydrogen-bond donors (Lipinski definition) is 3. The Morgan fingerprint density at radius 3 is 2.73 bits per heavy atom. The fourth-order valence-electron chi connectivity index (χ4n) is 3.43. The zero-order chi connectivity index (χ0) is 23.4. The molecule has 0 aliphatic rings. The molecule has 4 rings (SSSR count). The first-order valence-electron chi connectivity index (χ1n) is 10.7. The van der Waals surface area contributed by atoms with Crippen LogP contribution in [0, 0.1) is 13.8 Å². The van der Waals surface area contributed by atoms with Crippen molar-refractivity contribution >= 4 is 28.9 Å². The number of carbonyl (C=O) groups is 1. The number of amides is 1. The van der Waals surface area contributed by atoms with Gasteiger partial charge >= 0.3 is 0 Å². The highest BCUT2D eigenvalue weighted by molar-refractivity contribution is 7.17. The molecule has 0 spiro atoms. The smallest absolute Gasteiger partial charge is 0.261 e. The molecule has 0 fully saturated rings. The number of aryl methyl sites for hydroxylation is 1. The topological polar surface area (TPSA) is 87.1 Å². The van der Waals surface area contributed by atoms with Crippen LogP contribution in [0.1, 0.15) is 45.0 Å². The third-order valence-corrected chi connectivity index (χ3v) is 6.63. The van der Waals surface area contributed by atoms with Gasteiger partial charge in [-0.25, -0.2) is 9.97 Å². The molecule has 1 atom stereocenters. The summed E-state index contributed by atoms with van der Waals surface area (Å²) in [6.07, 6.45) is 1.13. The molecule has 33 heavy (non-hydrogen) atoms. The van der Waals surface area contributed by atoms with Gasteiger partial charge < -0.3 is 15.7 Å². The summed E-state index contributed by atoms with van der Waals surface area (Å²) in [5.74, 6) is 0.346. The van der Waals surface area contributed by atoms with Gasteiger partial charge in [-0.1, -0.05) is 30.3 Å². The number of nitrogens with one attached hydrogen (secondary N) is 2. The van der Waals surface area contributed by atoms with Crippen LogP contribution in [0.25, 0.3) is 10.6 Å². The highest BCUT2D eigenvalue weighted by Crippen LogP contribution is 2.28. The first-order chi connectivity index (χ1) is 15.9. The zero-order valence-electron chi connectivity index (χ0n) is 18.8. The third kappa shape index (κ3) is 5.45. The second-order valence-corrected chi connectivity index (χ2v) is 8.98. The maximum Gasteiger partial charge on any atom is 0.261 e. The molecule has 0 aliphatic carbocycles. The number of aromatic nitrogens is 2. The van der Waals surface area contributed by atoms with Gasteiger partial charge in [0.15, 0.2) is 0 Å². The number of rotatable bonds is 7. The molecule has 168 valence electrons. The van der Waals surface area contributed by atoms with Gasteiger partial charge in [0.25, 0.3) is 5.91 Å². The number of nitrogens with zero attached hydrogens (tertiary/aromatic N) is 2. The Bertz CT molecular complexity index is 1280. The standard InChI is InChI=1S/C26H26N4O2S/c1-16-6-4-8-20(17(16)2)15-28-25(32)24-11-10-23(33-24)22-12-13-27-26(30-22)29-21-9-5-7-19(14-21)18(3)31/h4-14,18,31H,15H2,1-3H3,(H,28,32)(H,27,29,30). The molecule has 0 saturated heterocycles. The maximum absolute atomic E-state index is 12.7. The summed E-state index contributed by atoms with van der Waals surface area (Å²) in [6, 6.07) is 19.2. The van der Waals surface area contributed by atoms with Crippen LogP contribution in [0.3, 0.4) is 0 Å². The number of anilines is 2. The Hall–Kier alpha value is -3.55. The van der Waals surface area contributed by atoms with Gasteiger partial charge in [-0.3, -0.25) is 4.79 Å². The van der Waals surface area contributed by atoms with Gasteiger partial charge in [0.05, 0.1) is 21.6 Å². The summed E-state index contributed by atoms with van der Waals surface area (Å²) in [5.41, 5.74) is 5.87. The van der Waals surface area contributed by atoms with Crippen molar-refractivity contribution in [2.24, 2.45) is 0 Å². The number of thiophene rings is 1. The molecular weight excluding hydrogens is 432 g/mol.